The first-order chi connectivity index (χ1) is 9.18. The van der Waals surface area contributed by atoms with Crippen LogP contribution in [0.2, 0.25) is 0 Å². The van der Waals surface area contributed by atoms with Gasteiger partial charge in [0.05, 0.1) is 5.92 Å². The molecule has 0 aromatic rings. The summed E-state index contributed by atoms with van der Waals surface area (Å²) in [6, 6.07) is 0. The Morgan fingerprint density at radius 2 is 1.15 bits per heavy atom. The maximum Gasteiger partial charge on any atom is 0.306 e. The minimum absolute atomic E-state index is 0. The zero-order chi connectivity index (χ0) is 14.3. The second-order valence-electron chi connectivity index (χ2n) is 5.92. The third-order valence-electron chi connectivity index (χ3n) is 3.91. The molecule has 0 fully saturated rings. The summed E-state index contributed by atoms with van der Waals surface area (Å²) in [7, 11) is 0. The van der Waals surface area contributed by atoms with Crippen molar-refractivity contribution in [2.75, 3.05) is 0 Å². The molecule has 1 unspecified atom stereocenters. The molecule has 0 aromatic heterocycles. The summed E-state index contributed by atoms with van der Waals surface area (Å²) >= 11 is 0. The van der Waals surface area contributed by atoms with Gasteiger partial charge in [0.1, 0.15) is 0 Å². The quantitative estimate of drug-likeness (QED) is 0.343. The molecule has 0 bridgehead atoms. The summed E-state index contributed by atoms with van der Waals surface area (Å²) in [4.78, 5) is 10.6. The third-order valence-corrected chi connectivity index (χ3v) is 3.91. The van der Waals surface area contributed by atoms with Crippen LogP contribution in [0, 0.1) is 5.92 Å². The molecule has 0 heterocycles. The molecule has 20 heavy (non-hydrogen) atoms. The molecule has 115 valence electrons. The van der Waals surface area contributed by atoms with Gasteiger partial charge in [-0.2, -0.15) is 0 Å². The van der Waals surface area contributed by atoms with Gasteiger partial charge in [0.25, 0.3) is 0 Å². The first kappa shape index (κ1) is 22.7. The van der Waals surface area contributed by atoms with Crippen LogP contribution < -0.4 is 0 Å². The van der Waals surface area contributed by atoms with Gasteiger partial charge in [-0.05, 0) is 6.42 Å². The number of unbranched alkanes of at least 4 members (excludes halogenated alkanes) is 11. The molecule has 0 rings (SSSR count). The van der Waals surface area contributed by atoms with Crippen LogP contribution in [-0.2, 0) is 4.79 Å². The molecule has 2 nitrogen and oxygen atoms in total. The maximum absolute atomic E-state index is 10.6. The normalized spacial score (nSPS) is 11.9. The molecule has 0 saturated heterocycles. The van der Waals surface area contributed by atoms with Crippen LogP contribution in [0.25, 0.3) is 0 Å². The van der Waals surface area contributed by atoms with Crippen molar-refractivity contribution in [1.29, 1.82) is 0 Å². The van der Waals surface area contributed by atoms with E-state index < -0.39 is 5.97 Å². The average Bonchev–Trinajstić information content (AvgIpc) is 2.39. The van der Waals surface area contributed by atoms with E-state index in [2.05, 4.69) is 6.92 Å². The van der Waals surface area contributed by atoms with Crippen LogP contribution in [0.15, 0.2) is 0 Å². The average molecular weight is 293 g/mol. The summed E-state index contributed by atoms with van der Waals surface area (Å²) in [5.74, 6) is -0.814. The number of carbonyl (C=O) groups is 1. The Morgan fingerprint density at radius 3 is 1.50 bits per heavy atom. The van der Waals surface area contributed by atoms with Crippen molar-refractivity contribution in [1.82, 2.24) is 0 Å². The second-order valence-corrected chi connectivity index (χ2v) is 5.92. The molecule has 0 aliphatic rings. The monoisotopic (exact) mass is 293 g/mol. The standard InChI is InChI=1S/C17H34O2.Na/c1-3-4-5-6-7-8-9-10-11-12-13-14-15-16(2)17(18)19;/h16H,3-15H2,1-2H3,(H,18,19);. The Morgan fingerprint density at radius 1 is 0.800 bits per heavy atom. The second kappa shape index (κ2) is 17.5. The van der Waals surface area contributed by atoms with Crippen LogP contribution in [0.1, 0.15) is 97.3 Å². The molecule has 1 N–H and O–H groups in total. The Kier molecular flexibility index (Phi) is 19.9. The van der Waals surface area contributed by atoms with Crippen molar-refractivity contribution in [3.63, 3.8) is 0 Å². The van der Waals surface area contributed by atoms with Gasteiger partial charge < -0.3 is 5.11 Å². The van der Waals surface area contributed by atoms with E-state index in [1.165, 1.54) is 70.6 Å². The van der Waals surface area contributed by atoms with E-state index in [0.717, 1.165) is 12.8 Å². The molecule has 0 aliphatic heterocycles. The summed E-state index contributed by atoms with van der Waals surface area (Å²) in [5, 5.41) is 8.76. The topological polar surface area (TPSA) is 37.3 Å². The first-order valence-corrected chi connectivity index (χ1v) is 8.41. The fourth-order valence-electron chi connectivity index (χ4n) is 2.41. The first-order valence-electron chi connectivity index (χ1n) is 8.41. The third kappa shape index (κ3) is 16.5. The van der Waals surface area contributed by atoms with E-state index in [0.29, 0.717) is 0 Å². The summed E-state index contributed by atoms with van der Waals surface area (Å²) in [6.07, 6.45) is 16.9. The van der Waals surface area contributed by atoms with E-state index >= 15 is 0 Å². The fourth-order valence-corrected chi connectivity index (χ4v) is 2.41. The largest absolute Gasteiger partial charge is 0.481 e. The zero-order valence-corrected chi connectivity index (χ0v) is 16.1. The van der Waals surface area contributed by atoms with Gasteiger partial charge in [-0.1, -0.05) is 90.9 Å². The van der Waals surface area contributed by atoms with Crippen LogP contribution in [0.3, 0.4) is 0 Å². The van der Waals surface area contributed by atoms with Crippen LogP contribution in [0.5, 0.6) is 0 Å². The number of carboxylic acid groups (broad SMARTS) is 1. The van der Waals surface area contributed by atoms with Crippen molar-refractivity contribution in [3.8, 4) is 0 Å². The van der Waals surface area contributed by atoms with Gasteiger partial charge in [-0.25, -0.2) is 0 Å². The van der Waals surface area contributed by atoms with Crippen molar-refractivity contribution in [3.05, 3.63) is 0 Å². The SMILES string of the molecule is CCCCCCCCCCCCCCC(C)C(=O)O.[Na]. The molecular formula is C17H34NaO2. The number of rotatable bonds is 14. The molecule has 0 saturated carbocycles. The molecule has 0 amide bonds. The smallest absolute Gasteiger partial charge is 0.306 e. The van der Waals surface area contributed by atoms with Gasteiger partial charge in [-0.3, -0.25) is 4.79 Å². The van der Waals surface area contributed by atoms with Crippen molar-refractivity contribution in [2.24, 2.45) is 5.92 Å². The Labute approximate surface area is 148 Å². The van der Waals surface area contributed by atoms with Crippen LogP contribution in [0.4, 0.5) is 0 Å². The van der Waals surface area contributed by atoms with E-state index in [1.54, 1.807) is 6.92 Å². The predicted octanol–water partition coefficient (Wildman–Crippen LogP) is 5.42. The maximum atomic E-state index is 10.6. The van der Waals surface area contributed by atoms with Gasteiger partial charge in [-0.15, -0.1) is 0 Å². The fraction of sp³-hybridized carbons (Fsp3) is 0.941. The summed E-state index contributed by atoms with van der Waals surface area (Å²) in [5.41, 5.74) is 0. The number of carboxylic acids is 1. The molecular weight excluding hydrogens is 259 g/mol. The molecule has 1 atom stereocenters. The minimum atomic E-state index is -0.650. The Bertz CT molecular complexity index is 207. The minimum Gasteiger partial charge on any atom is -0.481 e. The molecule has 0 spiro atoms. The van der Waals surface area contributed by atoms with E-state index in [1.807, 2.05) is 0 Å². The summed E-state index contributed by atoms with van der Waals surface area (Å²) < 4.78 is 0. The van der Waals surface area contributed by atoms with E-state index in [4.69, 9.17) is 5.11 Å². The van der Waals surface area contributed by atoms with Gasteiger partial charge in [0, 0.05) is 29.6 Å². The number of aliphatic carboxylic acids is 1. The van der Waals surface area contributed by atoms with Crippen LogP contribution in [-0.4, -0.2) is 40.6 Å². The van der Waals surface area contributed by atoms with Crippen molar-refractivity contribution >= 4 is 35.5 Å². The van der Waals surface area contributed by atoms with E-state index in [9.17, 15) is 4.79 Å². The Hall–Kier alpha value is 0.470. The molecule has 3 heteroatoms. The number of hydrogen-bond donors (Lipinski definition) is 1. The van der Waals surface area contributed by atoms with Gasteiger partial charge in [0.2, 0.25) is 0 Å². The molecule has 1 radical (unpaired) electrons. The van der Waals surface area contributed by atoms with Crippen molar-refractivity contribution < 1.29 is 9.90 Å². The number of hydrogen-bond acceptors (Lipinski definition) is 1. The van der Waals surface area contributed by atoms with Crippen LogP contribution >= 0.6 is 0 Å². The van der Waals surface area contributed by atoms with Gasteiger partial charge in [0.15, 0.2) is 0 Å². The molecule has 0 aliphatic carbocycles. The van der Waals surface area contributed by atoms with Crippen molar-refractivity contribution in [2.45, 2.75) is 97.3 Å². The van der Waals surface area contributed by atoms with E-state index in [-0.39, 0.29) is 35.5 Å². The zero-order valence-electron chi connectivity index (χ0n) is 14.1. The predicted molar refractivity (Wildman–Crippen MR) is 88.2 cm³/mol. The Balaban J connectivity index is 0. The van der Waals surface area contributed by atoms with Gasteiger partial charge >= 0.3 is 5.97 Å². The summed E-state index contributed by atoms with van der Waals surface area (Å²) in [6.45, 7) is 4.07. The molecule has 0 aromatic carbocycles.